The van der Waals surface area contributed by atoms with E-state index < -0.39 is 0 Å². The topological polar surface area (TPSA) is 38.3 Å². The quantitative estimate of drug-likeness (QED) is 0.807. The highest BCUT2D eigenvalue weighted by molar-refractivity contribution is 5.77. The highest BCUT2D eigenvalue weighted by Gasteiger charge is 2.08. The Morgan fingerprint density at radius 1 is 1.33 bits per heavy atom. The summed E-state index contributed by atoms with van der Waals surface area (Å²) in [5.74, 6) is 0.750. The first-order valence-corrected chi connectivity index (χ1v) is 6.67. The van der Waals surface area contributed by atoms with E-state index in [9.17, 15) is 4.79 Å². The Labute approximate surface area is 110 Å². The maximum absolute atomic E-state index is 11.7. The van der Waals surface area contributed by atoms with Crippen LogP contribution in [0.25, 0.3) is 0 Å². The number of para-hydroxylation sites is 1. The largest absolute Gasteiger partial charge is 0.483 e. The first kappa shape index (κ1) is 14.6. The minimum absolute atomic E-state index is 0.0538. The Morgan fingerprint density at radius 3 is 2.72 bits per heavy atom. The highest BCUT2D eigenvalue weighted by Crippen LogP contribution is 2.17. The molecule has 0 saturated carbocycles. The molecular formula is C15H23NO2. The first-order valence-electron chi connectivity index (χ1n) is 6.67. The van der Waals surface area contributed by atoms with Gasteiger partial charge in [-0.15, -0.1) is 0 Å². The second kappa shape index (κ2) is 7.75. The molecule has 0 heterocycles. The van der Waals surface area contributed by atoms with Gasteiger partial charge in [-0.1, -0.05) is 38.5 Å². The van der Waals surface area contributed by atoms with E-state index in [-0.39, 0.29) is 18.6 Å². The molecule has 1 amide bonds. The molecule has 1 atom stereocenters. The van der Waals surface area contributed by atoms with E-state index in [1.54, 1.807) is 0 Å². The molecular weight excluding hydrogens is 226 g/mol. The van der Waals surface area contributed by atoms with E-state index in [1.807, 2.05) is 31.2 Å². The fourth-order valence-electron chi connectivity index (χ4n) is 1.90. The van der Waals surface area contributed by atoms with Crippen molar-refractivity contribution in [2.75, 3.05) is 6.61 Å². The number of hydrogen-bond acceptors (Lipinski definition) is 2. The number of rotatable bonds is 7. The second-order valence-corrected chi connectivity index (χ2v) is 4.51. The number of amides is 1. The number of carbonyl (C=O) groups excluding carboxylic acids is 1. The summed E-state index contributed by atoms with van der Waals surface area (Å²) in [5, 5.41) is 2.92. The third kappa shape index (κ3) is 4.78. The van der Waals surface area contributed by atoms with Gasteiger partial charge in [0.25, 0.3) is 5.91 Å². The van der Waals surface area contributed by atoms with Crippen molar-refractivity contribution >= 4 is 5.91 Å². The summed E-state index contributed by atoms with van der Waals surface area (Å²) in [6.07, 6.45) is 2.97. The van der Waals surface area contributed by atoms with Crippen LogP contribution in [0.2, 0.25) is 0 Å². The lowest BCUT2D eigenvalue weighted by atomic mass is 10.1. The van der Waals surface area contributed by atoms with Gasteiger partial charge in [0.1, 0.15) is 5.75 Å². The predicted molar refractivity (Wildman–Crippen MR) is 73.8 cm³/mol. The summed E-state index contributed by atoms with van der Waals surface area (Å²) < 4.78 is 5.56. The van der Waals surface area contributed by atoms with Gasteiger partial charge in [0.05, 0.1) is 0 Å². The molecule has 3 nitrogen and oxygen atoms in total. The van der Waals surface area contributed by atoms with Crippen LogP contribution in [0.5, 0.6) is 5.75 Å². The van der Waals surface area contributed by atoms with Crippen molar-refractivity contribution in [1.29, 1.82) is 0 Å². The molecule has 0 aromatic heterocycles. The molecule has 100 valence electrons. The third-order valence-electron chi connectivity index (χ3n) is 2.84. The molecule has 1 rings (SSSR count). The maximum atomic E-state index is 11.7. The van der Waals surface area contributed by atoms with Crippen molar-refractivity contribution < 1.29 is 9.53 Å². The van der Waals surface area contributed by atoms with Crippen molar-refractivity contribution in [1.82, 2.24) is 5.32 Å². The van der Waals surface area contributed by atoms with E-state index in [4.69, 9.17) is 4.74 Å². The molecule has 0 saturated heterocycles. The van der Waals surface area contributed by atoms with Crippen molar-refractivity contribution in [3.8, 4) is 5.75 Å². The van der Waals surface area contributed by atoms with E-state index in [1.165, 1.54) is 0 Å². The minimum atomic E-state index is -0.0538. The summed E-state index contributed by atoms with van der Waals surface area (Å²) in [6.45, 7) is 6.29. The Balaban J connectivity index is 2.42. The van der Waals surface area contributed by atoms with Crippen LogP contribution in [0.3, 0.4) is 0 Å². The van der Waals surface area contributed by atoms with Crippen molar-refractivity contribution in [3.05, 3.63) is 29.8 Å². The fourth-order valence-corrected chi connectivity index (χ4v) is 1.90. The molecule has 1 aromatic rings. The molecule has 3 heteroatoms. The van der Waals surface area contributed by atoms with Crippen LogP contribution in [-0.4, -0.2) is 18.6 Å². The lowest BCUT2D eigenvalue weighted by molar-refractivity contribution is -0.123. The molecule has 18 heavy (non-hydrogen) atoms. The van der Waals surface area contributed by atoms with Crippen LogP contribution in [-0.2, 0) is 11.2 Å². The molecule has 0 radical (unpaired) electrons. The summed E-state index contributed by atoms with van der Waals surface area (Å²) in [4.78, 5) is 11.7. The van der Waals surface area contributed by atoms with E-state index in [0.29, 0.717) is 0 Å². The smallest absolute Gasteiger partial charge is 0.258 e. The standard InChI is InChI=1S/C15H23NO2/c1-4-8-12(3)16-15(17)11-18-14-10-7-6-9-13(14)5-2/h6-7,9-10,12H,4-5,8,11H2,1-3H3,(H,16,17)/t12-/m0/s1. The highest BCUT2D eigenvalue weighted by atomic mass is 16.5. The summed E-state index contributed by atoms with van der Waals surface area (Å²) in [5.41, 5.74) is 1.13. The Hall–Kier alpha value is -1.51. The summed E-state index contributed by atoms with van der Waals surface area (Å²) in [6, 6.07) is 8.04. The fraction of sp³-hybridized carbons (Fsp3) is 0.533. The van der Waals surface area contributed by atoms with Gasteiger partial charge < -0.3 is 10.1 Å². The Bertz CT molecular complexity index is 377. The molecule has 1 N–H and O–H groups in total. The van der Waals surface area contributed by atoms with Gasteiger partial charge in [0.2, 0.25) is 0 Å². The maximum Gasteiger partial charge on any atom is 0.258 e. The number of aryl methyl sites for hydroxylation is 1. The number of benzene rings is 1. The van der Waals surface area contributed by atoms with Gasteiger partial charge in [-0.2, -0.15) is 0 Å². The zero-order valence-corrected chi connectivity index (χ0v) is 11.5. The minimum Gasteiger partial charge on any atom is -0.483 e. The van der Waals surface area contributed by atoms with Gasteiger partial charge in [-0.25, -0.2) is 0 Å². The van der Waals surface area contributed by atoms with Crippen LogP contribution in [0.4, 0.5) is 0 Å². The normalized spacial score (nSPS) is 11.9. The van der Waals surface area contributed by atoms with Crippen LogP contribution in [0.1, 0.15) is 39.2 Å². The molecule has 0 bridgehead atoms. The van der Waals surface area contributed by atoms with Crippen LogP contribution >= 0.6 is 0 Å². The molecule has 0 spiro atoms. The molecule has 0 aliphatic carbocycles. The number of ether oxygens (including phenoxy) is 1. The summed E-state index contributed by atoms with van der Waals surface area (Å²) in [7, 11) is 0. The monoisotopic (exact) mass is 249 g/mol. The van der Waals surface area contributed by atoms with Crippen LogP contribution < -0.4 is 10.1 Å². The molecule has 0 fully saturated rings. The zero-order chi connectivity index (χ0) is 13.4. The summed E-state index contributed by atoms with van der Waals surface area (Å²) >= 11 is 0. The number of nitrogens with one attached hydrogen (secondary N) is 1. The van der Waals surface area contributed by atoms with Crippen LogP contribution in [0.15, 0.2) is 24.3 Å². The average molecular weight is 249 g/mol. The molecule has 0 aliphatic rings. The molecule has 0 unspecified atom stereocenters. The van der Waals surface area contributed by atoms with Crippen LogP contribution in [0, 0.1) is 0 Å². The number of carbonyl (C=O) groups is 1. The lowest BCUT2D eigenvalue weighted by Gasteiger charge is -2.14. The third-order valence-corrected chi connectivity index (χ3v) is 2.84. The van der Waals surface area contributed by atoms with Gasteiger partial charge in [0.15, 0.2) is 6.61 Å². The zero-order valence-electron chi connectivity index (χ0n) is 11.5. The van der Waals surface area contributed by atoms with Gasteiger partial charge in [-0.3, -0.25) is 4.79 Å². The average Bonchev–Trinajstić information content (AvgIpc) is 2.37. The van der Waals surface area contributed by atoms with E-state index in [2.05, 4.69) is 19.2 Å². The van der Waals surface area contributed by atoms with Gasteiger partial charge in [0, 0.05) is 6.04 Å². The van der Waals surface area contributed by atoms with Gasteiger partial charge >= 0.3 is 0 Å². The van der Waals surface area contributed by atoms with E-state index in [0.717, 1.165) is 30.6 Å². The lowest BCUT2D eigenvalue weighted by Crippen LogP contribution is -2.36. The van der Waals surface area contributed by atoms with Crippen molar-refractivity contribution in [2.24, 2.45) is 0 Å². The predicted octanol–water partition coefficient (Wildman–Crippen LogP) is 2.93. The van der Waals surface area contributed by atoms with Crippen molar-refractivity contribution in [3.63, 3.8) is 0 Å². The Morgan fingerprint density at radius 2 is 2.06 bits per heavy atom. The van der Waals surface area contributed by atoms with Gasteiger partial charge in [-0.05, 0) is 31.4 Å². The molecule has 0 aliphatic heterocycles. The number of hydrogen-bond donors (Lipinski definition) is 1. The van der Waals surface area contributed by atoms with Crippen molar-refractivity contribution in [2.45, 2.75) is 46.1 Å². The second-order valence-electron chi connectivity index (χ2n) is 4.51. The van der Waals surface area contributed by atoms with E-state index >= 15 is 0 Å². The first-order chi connectivity index (χ1) is 8.67. The molecule has 1 aromatic carbocycles. The Kier molecular flexibility index (Phi) is 6.26. The SMILES string of the molecule is CCC[C@H](C)NC(=O)COc1ccccc1CC.